The number of benzene rings is 1. The SMILES string of the molecule is C.C/C=C/COc1ccc(C2CC3(C)C(O)CCC3C3CCC4=CC(=O)CCC4(C)C23)cc1. The Bertz CT molecular complexity index is 928. The highest BCUT2D eigenvalue weighted by Gasteiger charge is 2.62. The maximum absolute atomic E-state index is 12.3. The Morgan fingerprint density at radius 1 is 1.12 bits per heavy atom. The van der Waals surface area contributed by atoms with Crippen molar-refractivity contribution in [3.63, 3.8) is 0 Å². The van der Waals surface area contributed by atoms with Crippen LogP contribution in [0.25, 0.3) is 0 Å². The first kappa shape index (κ1) is 24.3. The number of allylic oxidation sites excluding steroid dienone is 2. The van der Waals surface area contributed by atoms with Gasteiger partial charge >= 0.3 is 0 Å². The molecule has 1 N–H and O–H groups in total. The van der Waals surface area contributed by atoms with Crippen LogP contribution in [-0.2, 0) is 4.79 Å². The van der Waals surface area contributed by atoms with E-state index in [0.717, 1.165) is 44.3 Å². The lowest BCUT2D eigenvalue weighted by Gasteiger charge is -2.61. The molecule has 180 valence electrons. The summed E-state index contributed by atoms with van der Waals surface area (Å²) in [5.41, 5.74) is 2.86. The molecule has 3 heteroatoms. The zero-order valence-corrected chi connectivity index (χ0v) is 19.8. The molecule has 0 heterocycles. The molecular formula is C30H42O3. The Morgan fingerprint density at radius 2 is 1.88 bits per heavy atom. The molecule has 4 aliphatic rings. The molecule has 3 saturated carbocycles. The van der Waals surface area contributed by atoms with E-state index in [1.807, 2.05) is 25.2 Å². The van der Waals surface area contributed by atoms with E-state index >= 15 is 0 Å². The highest BCUT2D eigenvalue weighted by Crippen LogP contribution is 2.68. The molecule has 0 bridgehead atoms. The van der Waals surface area contributed by atoms with Crippen molar-refractivity contribution in [2.75, 3.05) is 6.61 Å². The summed E-state index contributed by atoms with van der Waals surface area (Å²) in [5.74, 6) is 3.37. The van der Waals surface area contributed by atoms with Gasteiger partial charge in [-0.1, -0.05) is 51.1 Å². The third-order valence-electron chi connectivity index (χ3n) is 9.76. The van der Waals surface area contributed by atoms with Crippen LogP contribution in [0, 0.1) is 28.6 Å². The van der Waals surface area contributed by atoms with Crippen LogP contribution in [0.1, 0.15) is 84.6 Å². The maximum Gasteiger partial charge on any atom is 0.155 e. The molecule has 4 aliphatic carbocycles. The van der Waals surface area contributed by atoms with Crippen LogP contribution < -0.4 is 4.74 Å². The minimum atomic E-state index is -0.197. The number of carbonyl (C=O) groups is 1. The number of ether oxygens (including phenoxy) is 1. The molecule has 33 heavy (non-hydrogen) atoms. The third-order valence-corrected chi connectivity index (χ3v) is 9.76. The number of fused-ring (bicyclic) bond motifs is 5. The number of hydrogen-bond donors (Lipinski definition) is 1. The van der Waals surface area contributed by atoms with Crippen LogP contribution in [0.4, 0.5) is 0 Å². The molecule has 0 radical (unpaired) electrons. The van der Waals surface area contributed by atoms with Gasteiger partial charge in [-0.25, -0.2) is 0 Å². The van der Waals surface area contributed by atoms with E-state index in [0.29, 0.717) is 42.5 Å². The molecule has 1 aromatic rings. The van der Waals surface area contributed by atoms with Crippen LogP contribution in [0.5, 0.6) is 5.75 Å². The summed E-state index contributed by atoms with van der Waals surface area (Å²) in [5, 5.41) is 11.1. The molecule has 5 rings (SSSR count). The topological polar surface area (TPSA) is 46.5 Å². The van der Waals surface area contributed by atoms with E-state index in [1.165, 1.54) is 11.1 Å². The van der Waals surface area contributed by atoms with Gasteiger partial charge in [-0.05, 0) is 104 Å². The third kappa shape index (κ3) is 3.91. The molecule has 0 saturated heterocycles. The molecule has 3 nitrogen and oxygen atoms in total. The van der Waals surface area contributed by atoms with E-state index in [1.54, 1.807) is 0 Å². The van der Waals surface area contributed by atoms with Crippen molar-refractivity contribution in [2.24, 2.45) is 28.6 Å². The Balaban J connectivity index is 0.00000259. The van der Waals surface area contributed by atoms with Gasteiger partial charge in [0, 0.05) is 6.42 Å². The van der Waals surface area contributed by atoms with Gasteiger partial charge in [-0.15, -0.1) is 0 Å². The molecule has 0 amide bonds. The van der Waals surface area contributed by atoms with Gasteiger partial charge in [-0.3, -0.25) is 4.79 Å². The maximum atomic E-state index is 12.3. The number of rotatable bonds is 4. The summed E-state index contributed by atoms with van der Waals surface area (Å²) in [6, 6.07) is 8.74. The molecule has 0 spiro atoms. The smallest absolute Gasteiger partial charge is 0.155 e. The number of aliphatic hydroxyl groups excluding tert-OH is 1. The summed E-state index contributed by atoms with van der Waals surface area (Å²) in [6.45, 7) is 7.39. The minimum Gasteiger partial charge on any atom is -0.490 e. The second kappa shape index (κ2) is 9.06. The number of carbonyl (C=O) groups excluding carboxylic acids is 1. The van der Waals surface area contributed by atoms with E-state index in [-0.39, 0.29) is 24.4 Å². The van der Waals surface area contributed by atoms with Crippen LogP contribution in [0.2, 0.25) is 0 Å². The van der Waals surface area contributed by atoms with Gasteiger partial charge in [-0.2, -0.15) is 0 Å². The van der Waals surface area contributed by atoms with Gasteiger partial charge in [0.25, 0.3) is 0 Å². The lowest BCUT2D eigenvalue weighted by atomic mass is 9.44. The number of ketones is 1. The van der Waals surface area contributed by atoms with Gasteiger partial charge in [0.05, 0.1) is 6.10 Å². The zero-order valence-electron chi connectivity index (χ0n) is 19.8. The molecular weight excluding hydrogens is 408 g/mol. The average molecular weight is 451 g/mol. The first-order chi connectivity index (χ1) is 15.4. The van der Waals surface area contributed by atoms with Crippen molar-refractivity contribution in [3.05, 3.63) is 53.6 Å². The Morgan fingerprint density at radius 3 is 2.61 bits per heavy atom. The standard InChI is InChI=1S/C29H38O3.CH4/c1-4-5-16-32-22-9-6-19(7-10-22)24-18-29(3)25(12-13-26(29)31)23-11-8-20-17-21(30)14-15-28(20,2)27(23)24;/h4-7,9-10,17,23-27,31H,8,11-16,18H2,1-3H3;1H4/b5-4+;. The van der Waals surface area contributed by atoms with Crippen molar-refractivity contribution in [1.29, 1.82) is 0 Å². The van der Waals surface area contributed by atoms with E-state index in [9.17, 15) is 9.90 Å². The Labute approximate surface area is 200 Å². The molecule has 0 aliphatic heterocycles. The summed E-state index contributed by atoms with van der Waals surface area (Å²) in [6.07, 6.45) is 12.8. The van der Waals surface area contributed by atoms with E-state index in [4.69, 9.17) is 4.74 Å². The quantitative estimate of drug-likeness (QED) is 0.510. The van der Waals surface area contributed by atoms with Crippen molar-refractivity contribution in [1.82, 2.24) is 0 Å². The van der Waals surface area contributed by atoms with Gasteiger partial charge < -0.3 is 9.84 Å². The van der Waals surface area contributed by atoms with Crippen LogP contribution in [0.15, 0.2) is 48.1 Å². The molecule has 1 aromatic carbocycles. The van der Waals surface area contributed by atoms with E-state index < -0.39 is 0 Å². The van der Waals surface area contributed by atoms with Gasteiger partial charge in [0.2, 0.25) is 0 Å². The fraction of sp³-hybridized carbons (Fsp3) is 0.633. The van der Waals surface area contributed by atoms with Crippen LogP contribution >= 0.6 is 0 Å². The largest absolute Gasteiger partial charge is 0.490 e. The zero-order chi connectivity index (χ0) is 22.5. The molecule has 3 fully saturated rings. The first-order valence-corrected chi connectivity index (χ1v) is 12.6. The van der Waals surface area contributed by atoms with Crippen molar-refractivity contribution in [2.45, 2.75) is 85.2 Å². The average Bonchev–Trinajstić information content (AvgIpc) is 3.09. The predicted octanol–water partition coefficient (Wildman–Crippen LogP) is 6.86. The van der Waals surface area contributed by atoms with Gasteiger partial charge in [0.1, 0.15) is 12.4 Å². The Hall–Kier alpha value is -1.87. The predicted molar refractivity (Wildman–Crippen MR) is 134 cm³/mol. The fourth-order valence-corrected chi connectivity index (χ4v) is 8.09. The monoisotopic (exact) mass is 450 g/mol. The second-order valence-corrected chi connectivity index (χ2v) is 11.2. The number of hydrogen-bond acceptors (Lipinski definition) is 3. The normalized spacial score (nSPS) is 39.8. The highest BCUT2D eigenvalue weighted by atomic mass is 16.5. The molecule has 7 atom stereocenters. The second-order valence-electron chi connectivity index (χ2n) is 11.2. The van der Waals surface area contributed by atoms with Gasteiger partial charge in [0.15, 0.2) is 5.78 Å². The molecule has 7 unspecified atom stereocenters. The van der Waals surface area contributed by atoms with E-state index in [2.05, 4.69) is 38.1 Å². The Kier molecular flexibility index (Phi) is 6.66. The fourth-order valence-electron chi connectivity index (χ4n) is 8.09. The van der Waals surface area contributed by atoms with Crippen LogP contribution in [0.3, 0.4) is 0 Å². The summed E-state index contributed by atoms with van der Waals surface area (Å²) in [4.78, 5) is 12.3. The first-order valence-electron chi connectivity index (χ1n) is 12.6. The minimum absolute atomic E-state index is 0. The summed E-state index contributed by atoms with van der Waals surface area (Å²) in [7, 11) is 0. The van der Waals surface area contributed by atoms with Crippen LogP contribution in [-0.4, -0.2) is 23.6 Å². The summed E-state index contributed by atoms with van der Waals surface area (Å²) < 4.78 is 5.85. The highest BCUT2D eigenvalue weighted by molar-refractivity contribution is 5.91. The van der Waals surface area contributed by atoms with Crippen molar-refractivity contribution < 1.29 is 14.6 Å². The summed E-state index contributed by atoms with van der Waals surface area (Å²) >= 11 is 0. The van der Waals surface area contributed by atoms with Crippen molar-refractivity contribution >= 4 is 5.78 Å². The molecule has 0 aromatic heterocycles. The lowest BCUT2D eigenvalue weighted by molar-refractivity contribution is -0.118. The lowest BCUT2D eigenvalue weighted by Crippen LogP contribution is -2.54. The van der Waals surface area contributed by atoms with Crippen molar-refractivity contribution in [3.8, 4) is 5.75 Å². The number of aliphatic hydroxyl groups is 1.